The van der Waals surface area contributed by atoms with Crippen molar-refractivity contribution in [3.8, 4) is 11.5 Å². The maximum absolute atomic E-state index is 12.8. The lowest BCUT2D eigenvalue weighted by Gasteiger charge is -2.33. The number of ether oxygens (including phenoxy) is 3. The summed E-state index contributed by atoms with van der Waals surface area (Å²) in [6.45, 7) is 6.45. The maximum Gasteiger partial charge on any atom is 0.338 e. The minimum Gasteiger partial charge on any atom is -0.493 e. The molecule has 6 nitrogen and oxygen atoms in total. The molecule has 0 saturated heterocycles. The standard InChI is InChI=1S/C25H26N2O4S/c1-5-30-24(28)22-17(3)26-25-27(12-13-32-25)23(22)19-10-11-20(21(14-19)29-4)31-15-18-8-6-16(2)7-9-18/h6-14,23H,5,15H2,1-4H3. The first-order chi connectivity index (χ1) is 15.5. The van der Waals surface area contributed by atoms with Gasteiger partial charge in [0.25, 0.3) is 0 Å². The van der Waals surface area contributed by atoms with Gasteiger partial charge >= 0.3 is 5.97 Å². The average molecular weight is 451 g/mol. The van der Waals surface area contributed by atoms with E-state index in [1.165, 1.54) is 17.3 Å². The van der Waals surface area contributed by atoms with Gasteiger partial charge in [-0.15, -0.1) is 0 Å². The Morgan fingerprint density at radius 1 is 1.12 bits per heavy atom. The lowest BCUT2D eigenvalue weighted by molar-refractivity contribution is -0.139. The number of carbonyl (C=O) groups is 1. The van der Waals surface area contributed by atoms with Gasteiger partial charge in [-0.1, -0.05) is 47.7 Å². The van der Waals surface area contributed by atoms with Gasteiger partial charge < -0.3 is 19.1 Å². The SMILES string of the molecule is CCOC(=O)C1=C(C)N=C2SC=CN2C1c1ccc(OCc2ccc(C)cc2)c(OC)c1. The smallest absolute Gasteiger partial charge is 0.338 e. The van der Waals surface area contributed by atoms with Crippen LogP contribution in [-0.4, -0.2) is 29.8 Å². The summed E-state index contributed by atoms with van der Waals surface area (Å²) in [6.07, 6.45) is 1.94. The third-order valence-electron chi connectivity index (χ3n) is 5.33. The van der Waals surface area contributed by atoms with Crippen LogP contribution in [0.2, 0.25) is 0 Å². The Bertz CT molecular complexity index is 1110. The molecule has 7 heteroatoms. The number of amidine groups is 1. The van der Waals surface area contributed by atoms with Crippen LogP contribution in [0.3, 0.4) is 0 Å². The Kier molecular flexibility index (Phi) is 6.55. The van der Waals surface area contributed by atoms with Crippen LogP contribution in [0, 0.1) is 6.92 Å². The number of hydrogen-bond donors (Lipinski definition) is 0. The largest absolute Gasteiger partial charge is 0.493 e. The highest BCUT2D eigenvalue weighted by molar-refractivity contribution is 8.16. The number of fused-ring (bicyclic) bond motifs is 1. The molecule has 2 aromatic rings. The number of thioether (sulfide) groups is 1. The molecule has 1 atom stereocenters. The molecule has 0 aliphatic carbocycles. The number of allylic oxidation sites excluding steroid dienone is 1. The van der Waals surface area contributed by atoms with Crippen molar-refractivity contribution >= 4 is 22.9 Å². The lowest BCUT2D eigenvalue weighted by atomic mass is 9.94. The molecule has 2 aromatic carbocycles. The van der Waals surface area contributed by atoms with Crippen LogP contribution in [0.15, 0.2) is 70.3 Å². The van der Waals surface area contributed by atoms with Gasteiger partial charge in [0.15, 0.2) is 16.7 Å². The van der Waals surface area contributed by atoms with Gasteiger partial charge in [-0.25, -0.2) is 9.79 Å². The van der Waals surface area contributed by atoms with Gasteiger partial charge in [0.05, 0.1) is 31.0 Å². The number of methoxy groups -OCH3 is 1. The van der Waals surface area contributed by atoms with Gasteiger partial charge in [-0.05, 0) is 49.4 Å². The molecule has 166 valence electrons. The molecule has 0 N–H and O–H groups in total. The Morgan fingerprint density at radius 2 is 1.91 bits per heavy atom. The van der Waals surface area contributed by atoms with Gasteiger partial charge in [-0.2, -0.15) is 0 Å². The number of aryl methyl sites for hydroxylation is 1. The highest BCUT2D eigenvalue weighted by atomic mass is 32.2. The minimum absolute atomic E-state index is 0.304. The minimum atomic E-state index is -0.359. The summed E-state index contributed by atoms with van der Waals surface area (Å²) in [7, 11) is 1.62. The predicted molar refractivity (Wildman–Crippen MR) is 127 cm³/mol. The fourth-order valence-electron chi connectivity index (χ4n) is 3.72. The molecule has 0 fully saturated rings. The van der Waals surface area contributed by atoms with E-state index in [2.05, 4.69) is 36.2 Å². The van der Waals surface area contributed by atoms with Crippen molar-refractivity contribution in [2.45, 2.75) is 33.4 Å². The van der Waals surface area contributed by atoms with E-state index in [-0.39, 0.29) is 12.0 Å². The number of nitrogens with zero attached hydrogens (tertiary/aromatic N) is 2. The fourth-order valence-corrected chi connectivity index (χ4v) is 4.51. The van der Waals surface area contributed by atoms with Crippen molar-refractivity contribution in [1.29, 1.82) is 0 Å². The monoisotopic (exact) mass is 450 g/mol. The second-order valence-electron chi connectivity index (χ2n) is 7.51. The number of esters is 1. The highest BCUT2D eigenvalue weighted by Crippen LogP contribution is 2.43. The van der Waals surface area contributed by atoms with Crippen LogP contribution in [0.1, 0.15) is 36.6 Å². The summed E-state index contributed by atoms with van der Waals surface area (Å²) >= 11 is 1.53. The number of aliphatic imine (C=N–C) groups is 1. The molecular formula is C25H26N2O4S. The number of rotatable bonds is 7. The molecule has 2 aliphatic rings. The van der Waals surface area contributed by atoms with Crippen molar-refractivity contribution < 1.29 is 19.0 Å². The van der Waals surface area contributed by atoms with Crippen molar-refractivity contribution in [1.82, 2.24) is 4.90 Å². The summed E-state index contributed by atoms with van der Waals surface area (Å²) in [6, 6.07) is 13.6. The predicted octanol–water partition coefficient (Wildman–Crippen LogP) is 5.35. The molecule has 4 rings (SSSR count). The Morgan fingerprint density at radius 3 is 2.62 bits per heavy atom. The number of hydrogen-bond acceptors (Lipinski definition) is 7. The molecular weight excluding hydrogens is 424 g/mol. The first kappa shape index (κ1) is 22.0. The van der Waals surface area contributed by atoms with Crippen LogP contribution in [0.5, 0.6) is 11.5 Å². The van der Waals surface area contributed by atoms with E-state index in [1.54, 1.807) is 14.0 Å². The molecule has 0 aromatic heterocycles. The van der Waals surface area contributed by atoms with E-state index >= 15 is 0 Å². The molecule has 0 saturated carbocycles. The Balaban J connectivity index is 1.65. The van der Waals surface area contributed by atoms with Gasteiger partial charge in [0.2, 0.25) is 0 Å². The Labute approximate surface area is 192 Å². The molecule has 0 radical (unpaired) electrons. The second-order valence-corrected chi connectivity index (χ2v) is 8.38. The fraction of sp³-hybridized carbons (Fsp3) is 0.280. The maximum atomic E-state index is 12.8. The van der Waals surface area contributed by atoms with Crippen LogP contribution in [-0.2, 0) is 16.1 Å². The van der Waals surface area contributed by atoms with Gasteiger partial charge in [0.1, 0.15) is 6.61 Å². The van der Waals surface area contributed by atoms with Gasteiger partial charge in [0, 0.05) is 6.20 Å². The molecule has 0 bridgehead atoms. The number of benzene rings is 2. The van der Waals surface area contributed by atoms with Crippen molar-refractivity contribution in [2.75, 3.05) is 13.7 Å². The van der Waals surface area contributed by atoms with E-state index in [1.807, 2.05) is 41.6 Å². The summed E-state index contributed by atoms with van der Waals surface area (Å²) < 4.78 is 17.0. The molecule has 32 heavy (non-hydrogen) atoms. The topological polar surface area (TPSA) is 60.4 Å². The van der Waals surface area contributed by atoms with E-state index in [0.29, 0.717) is 36.0 Å². The van der Waals surface area contributed by atoms with E-state index < -0.39 is 0 Å². The molecule has 2 aliphatic heterocycles. The summed E-state index contributed by atoms with van der Waals surface area (Å²) in [4.78, 5) is 19.4. The first-order valence-corrected chi connectivity index (χ1v) is 11.3. The summed E-state index contributed by atoms with van der Waals surface area (Å²) in [5, 5.41) is 2.79. The highest BCUT2D eigenvalue weighted by Gasteiger charge is 2.37. The summed E-state index contributed by atoms with van der Waals surface area (Å²) in [5.41, 5.74) is 4.37. The van der Waals surface area contributed by atoms with Crippen LogP contribution in [0.25, 0.3) is 0 Å². The normalized spacial score (nSPS) is 17.2. The van der Waals surface area contributed by atoms with Crippen molar-refractivity contribution in [3.05, 3.63) is 82.0 Å². The van der Waals surface area contributed by atoms with Crippen LogP contribution >= 0.6 is 11.8 Å². The average Bonchev–Trinajstić information content (AvgIpc) is 3.25. The van der Waals surface area contributed by atoms with E-state index in [0.717, 1.165) is 16.3 Å². The second kappa shape index (κ2) is 9.53. The lowest BCUT2D eigenvalue weighted by Crippen LogP contribution is -2.34. The number of carbonyl (C=O) groups excluding carboxylic acids is 1. The van der Waals surface area contributed by atoms with Crippen molar-refractivity contribution in [2.24, 2.45) is 4.99 Å². The summed E-state index contributed by atoms with van der Waals surface area (Å²) in [5.74, 6) is 0.892. The van der Waals surface area contributed by atoms with Gasteiger partial charge in [-0.3, -0.25) is 0 Å². The van der Waals surface area contributed by atoms with Crippen LogP contribution < -0.4 is 9.47 Å². The Hall–Kier alpha value is -3.19. The molecule has 1 unspecified atom stereocenters. The third kappa shape index (κ3) is 4.39. The molecule has 2 heterocycles. The zero-order valence-electron chi connectivity index (χ0n) is 18.6. The molecule has 0 spiro atoms. The van der Waals surface area contributed by atoms with E-state index in [9.17, 15) is 4.79 Å². The molecule has 0 amide bonds. The van der Waals surface area contributed by atoms with E-state index in [4.69, 9.17) is 14.2 Å². The van der Waals surface area contributed by atoms with Crippen molar-refractivity contribution in [3.63, 3.8) is 0 Å². The first-order valence-electron chi connectivity index (χ1n) is 10.5. The quantitative estimate of drug-likeness (QED) is 0.530. The van der Waals surface area contributed by atoms with Crippen LogP contribution in [0.4, 0.5) is 0 Å². The zero-order chi connectivity index (χ0) is 22.7. The third-order valence-corrected chi connectivity index (χ3v) is 6.10. The zero-order valence-corrected chi connectivity index (χ0v) is 19.4.